The van der Waals surface area contributed by atoms with Crippen LogP contribution in [0.3, 0.4) is 0 Å². The van der Waals surface area contributed by atoms with Crippen molar-refractivity contribution in [1.29, 1.82) is 0 Å². The Bertz CT molecular complexity index is 1020. The van der Waals surface area contributed by atoms with E-state index in [1.165, 1.54) is 0 Å². The van der Waals surface area contributed by atoms with Crippen molar-refractivity contribution in [3.8, 4) is 11.5 Å². The van der Waals surface area contributed by atoms with E-state index in [9.17, 15) is 9.59 Å². The molecule has 2 amide bonds. The fraction of sp³-hybridized carbons (Fsp3) is 0.200. The summed E-state index contributed by atoms with van der Waals surface area (Å²) in [7, 11) is 0. The summed E-state index contributed by atoms with van der Waals surface area (Å²) in [5, 5.41) is 0. The van der Waals surface area contributed by atoms with Crippen molar-refractivity contribution >= 4 is 11.8 Å². The van der Waals surface area contributed by atoms with Gasteiger partial charge in [0.05, 0.1) is 5.56 Å². The fourth-order valence-corrected chi connectivity index (χ4v) is 2.96. The molecule has 160 valence electrons. The Kier molecular flexibility index (Phi) is 7.65. The van der Waals surface area contributed by atoms with Crippen LogP contribution in [0.15, 0.2) is 78.9 Å². The molecule has 6 heteroatoms. The van der Waals surface area contributed by atoms with Gasteiger partial charge in [-0.2, -0.15) is 0 Å². The van der Waals surface area contributed by atoms with Gasteiger partial charge < -0.3 is 9.47 Å². The van der Waals surface area contributed by atoms with E-state index in [1.807, 2.05) is 62.4 Å². The molecule has 3 aromatic rings. The first-order valence-corrected chi connectivity index (χ1v) is 10.2. The summed E-state index contributed by atoms with van der Waals surface area (Å²) >= 11 is 0. The standard InChI is InChI=1S/C25H26N2O4/c1-3-22(31-20-13-9-10-18(2)16-20)25(29)27-26-24(28)21-14-7-8-15-23(21)30-17-19-11-5-4-6-12-19/h4-16,22H,3,17H2,1-2H3,(H,26,28)(H,27,29)/t22-/m0/s1. The number of nitrogens with one attached hydrogen (secondary N) is 2. The molecule has 0 aliphatic carbocycles. The minimum atomic E-state index is -0.730. The monoisotopic (exact) mass is 418 g/mol. The first-order chi connectivity index (χ1) is 15.1. The summed E-state index contributed by atoms with van der Waals surface area (Å²) in [6, 6.07) is 24.0. The zero-order chi connectivity index (χ0) is 22.1. The highest BCUT2D eigenvalue weighted by Gasteiger charge is 2.20. The lowest BCUT2D eigenvalue weighted by Gasteiger charge is -2.18. The van der Waals surface area contributed by atoms with Crippen LogP contribution in [0, 0.1) is 6.92 Å². The lowest BCUT2D eigenvalue weighted by molar-refractivity contribution is -0.128. The van der Waals surface area contributed by atoms with Crippen LogP contribution in [0.1, 0.15) is 34.8 Å². The highest BCUT2D eigenvalue weighted by Crippen LogP contribution is 2.19. The molecular formula is C25H26N2O4. The van der Waals surface area contributed by atoms with Crippen molar-refractivity contribution < 1.29 is 19.1 Å². The molecule has 0 unspecified atom stereocenters. The van der Waals surface area contributed by atoms with E-state index in [-0.39, 0.29) is 0 Å². The Morgan fingerprint density at radius 1 is 0.903 bits per heavy atom. The van der Waals surface area contributed by atoms with E-state index < -0.39 is 17.9 Å². The van der Waals surface area contributed by atoms with Gasteiger partial charge in [0.1, 0.15) is 18.1 Å². The molecule has 0 aliphatic rings. The zero-order valence-corrected chi connectivity index (χ0v) is 17.6. The average molecular weight is 418 g/mol. The van der Waals surface area contributed by atoms with Gasteiger partial charge in [0, 0.05) is 0 Å². The van der Waals surface area contributed by atoms with Crippen molar-refractivity contribution in [2.75, 3.05) is 0 Å². The van der Waals surface area contributed by atoms with Gasteiger partial charge in [0.25, 0.3) is 11.8 Å². The molecular weight excluding hydrogens is 392 g/mol. The third-order valence-electron chi connectivity index (χ3n) is 4.60. The van der Waals surface area contributed by atoms with E-state index in [1.54, 1.807) is 30.3 Å². The molecule has 0 spiro atoms. The van der Waals surface area contributed by atoms with E-state index in [4.69, 9.17) is 9.47 Å². The largest absolute Gasteiger partial charge is 0.488 e. The van der Waals surface area contributed by atoms with E-state index in [0.717, 1.165) is 11.1 Å². The SMILES string of the molecule is CC[C@H](Oc1cccc(C)c1)C(=O)NNC(=O)c1ccccc1OCc1ccccc1. The molecule has 3 rings (SSSR count). The molecule has 0 bridgehead atoms. The average Bonchev–Trinajstić information content (AvgIpc) is 2.80. The minimum absolute atomic E-state index is 0.325. The predicted octanol–water partition coefficient (Wildman–Crippen LogP) is 4.19. The molecule has 0 radical (unpaired) electrons. The number of rotatable bonds is 8. The van der Waals surface area contributed by atoms with Gasteiger partial charge in [-0.1, -0.05) is 61.5 Å². The van der Waals surface area contributed by atoms with Gasteiger partial charge in [-0.05, 0) is 48.7 Å². The second-order valence-electron chi connectivity index (χ2n) is 7.05. The zero-order valence-electron chi connectivity index (χ0n) is 17.6. The lowest BCUT2D eigenvalue weighted by Crippen LogP contribution is -2.48. The van der Waals surface area contributed by atoms with E-state index >= 15 is 0 Å². The summed E-state index contributed by atoms with van der Waals surface area (Å²) in [6.07, 6.45) is -0.279. The summed E-state index contributed by atoms with van der Waals surface area (Å²) in [4.78, 5) is 25.2. The number of amides is 2. The third kappa shape index (κ3) is 6.34. The molecule has 31 heavy (non-hydrogen) atoms. The summed E-state index contributed by atoms with van der Waals surface area (Å²) in [5.74, 6) is 0.136. The molecule has 6 nitrogen and oxygen atoms in total. The van der Waals surface area contributed by atoms with Crippen molar-refractivity contribution in [3.05, 3.63) is 95.6 Å². The number of hydrogen-bond donors (Lipinski definition) is 2. The molecule has 2 N–H and O–H groups in total. The Labute approximate surface area is 182 Å². The Balaban J connectivity index is 1.59. The predicted molar refractivity (Wildman–Crippen MR) is 119 cm³/mol. The van der Waals surface area contributed by atoms with Crippen LogP contribution in [0.25, 0.3) is 0 Å². The fourth-order valence-electron chi connectivity index (χ4n) is 2.96. The maximum Gasteiger partial charge on any atom is 0.279 e. The maximum atomic E-state index is 12.6. The molecule has 3 aromatic carbocycles. The molecule has 0 aliphatic heterocycles. The van der Waals surface area contributed by atoms with Gasteiger partial charge in [0.2, 0.25) is 0 Å². The van der Waals surface area contributed by atoms with Crippen LogP contribution in [-0.2, 0) is 11.4 Å². The molecule has 0 aromatic heterocycles. The van der Waals surface area contributed by atoms with Crippen LogP contribution >= 0.6 is 0 Å². The van der Waals surface area contributed by atoms with Crippen LogP contribution in [-0.4, -0.2) is 17.9 Å². The normalized spacial score (nSPS) is 11.3. The number of carbonyl (C=O) groups is 2. The molecule has 0 saturated heterocycles. The number of hydrogen-bond acceptors (Lipinski definition) is 4. The van der Waals surface area contributed by atoms with Crippen LogP contribution in [0.4, 0.5) is 0 Å². The molecule has 0 heterocycles. The van der Waals surface area contributed by atoms with Crippen LogP contribution in [0.5, 0.6) is 11.5 Å². The van der Waals surface area contributed by atoms with Gasteiger partial charge in [-0.15, -0.1) is 0 Å². The number of hydrazine groups is 1. The number of para-hydroxylation sites is 1. The van der Waals surface area contributed by atoms with Crippen molar-refractivity contribution in [2.24, 2.45) is 0 Å². The van der Waals surface area contributed by atoms with Gasteiger partial charge in [0.15, 0.2) is 6.10 Å². The maximum absolute atomic E-state index is 12.6. The second-order valence-corrected chi connectivity index (χ2v) is 7.05. The topological polar surface area (TPSA) is 76.7 Å². The van der Waals surface area contributed by atoms with Gasteiger partial charge in [-0.3, -0.25) is 20.4 Å². The summed E-state index contributed by atoms with van der Waals surface area (Å²) in [6.45, 7) is 4.12. The summed E-state index contributed by atoms with van der Waals surface area (Å²) in [5.41, 5.74) is 7.25. The van der Waals surface area contributed by atoms with Crippen LogP contribution in [0.2, 0.25) is 0 Å². The molecule has 0 saturated carbocycles. The lowest BCUT2D eigenvalue weighted by atomic mass is 10.2. The first kappa shape index (κ1) is 21.9. The van der Waals surface area contributed by atoms with Crippen molar-refractivity contribution in [3.63, 3.8) is 0 Å². The van der Waals surface area contributed by atoms with E-state index in [2.05, 4.69) is 10.9 Å². The highest BCUT2D eigenvalue weighted by molar-refractivity contribution is 5.98. The molecule has 1 atom stereocenters. The Hall–Kier alpha value is -3.80. The Morgan fingerprint density at radius 3 is 2.39 bits per heavy atom. The quantitative estimate of drug-likeness (QED) is 0.538. The minimum Gasteiger partial charge on any atom is -0.488 e. The third-order valence-corrected chi connectivity index (χ3v) is 4.60. The summed E-state index contributed by atoms with van der Waals surface area (Å²) < 4.78 is 11.6. The second kappa shape index (κ2) is 10.8. The molecule has 0 fully saturated rings. The van der Waals surface area contributed by atoms with Crippen molar-refractivity contribution in [1.82, 2.24) is 10.9 Å². The Morgan fingerprint density at radius 2 is 1.65 bits per heavy atom. The van der Waals surface area contributed by atoms with Crippen molar-refractivity contribution in [2.45, 2.75) is 33.0 Å². The van der Waals surface area contributed by atoms with Gasteiger partial charge in [-0.25, -0.2) is 0 Å². The first-order valence-electron chi connectivity index (χ1n) is 10.2. The smallest absolute Gasteiger partial charge is 0.279 e. The van der Waals surface area contributed by atoms with Gasteiger partial charge >= 0.3 is 0 Å². The number of carbonyl (C=O) groups excluding carboxylic acids is 2. The number of aryl methyl sites for hydroxylation is 1. The number of benzene rings is 3. The van der Waals surface area contributed by atoms with E-state index in [0.29, 0.717) is 30.1 Å². The highest BCUT2D eigenvalue weighted by atomic mass is 16.5. The number of ether oxygens (including phenoxy) is 2. The van der Waals surface area contributed by atoms with Crippen LogP contribution < -0.4 is 20.3 Å².